The van der Waals surface area contributed by atoms with Gasteiger partial charge in [0, 0.05) is 5.75 Å². The van der Waals surface area contributed by atoms with E-state index in [-0.39, 0.29) is 23.4 Å². The second-order valence-electron chi connectivity index (χ2n) is 7.44. The number of benzene rings is 3. The highest BCUT2D eigenvalue weighted by Gasteiger charge is 2.40. The van der Waals surface area contributed by atoms with Crippen LogP contribution in [0.5, 0.6) is 0 Å². The van der Waals surface area contributed by atoms with Crippen LogP contribution < -0.4 is 0 Å². The van der Waals surface area contributed by atoms with Crippen molar-refractivity contribution in [2.75, 3.05) is 12.4 Å². The Morgan fingerprint density at radius 2 is 1.39 bits per heavy atom. The van der Waals surface area contributed by atoms with Crippen molar-refractivity contribution in [1.82, 2.24) is 0 Å². The summed E-state index contributed by atoms with van der Waals surface area (Å²) >= 11 is 1.74. The molecule has 0 saturated carbocycles. The third-order valence-electron chi connectivity index (χ3n) is 5.15. The number of ether oxygens (including phenoxy) is 3. The maximum absolute atomic E-state index is 12.6. The van der Waals surface area contributed by atoms with Gasteiger partial charge >= 0.3 is 5.97 Å². The van der Waals surface area contributed by atoms with E-state index >= 15 is 0 Å². The molecule has 0 bridgehead atoms. The Bertz CT molecular complexity index is 933. The van der Waals surface area contributed by atoms with Crippen molar-refractivity contribution in [3.05, 3.63) is 108 Å². The zero-order chi connectivity index (χ0) is 21.3. The van der Waals surface area contributed by atoms with Gasteiger partial charge in [-0.15, -0.1) is 11.8 Å². The normalized spacial score (nSPS) is 20.5. The summed E-state index contributed by atoms with van der Waals surface area (Å²) < 4.78 is 18.1. The number of carbonyl (C=O) groups is 1. The number of hydrogen-bond acceptors (Lipinski definition) is 5. The van der Waals surface area contributed by atoms with Gasteiger partial charge in [0.25, 0.3) is 0 Å². The fourth-order valence-corrected chi connectivity index (χ4v) is 4.85. The largest absolute Gasteiger partial charge is 0.455 e. The Kier molecular flexibility index (Phi) is 7.77. The number of hydrogen-bond donors (Lipinski definition) is 0. The van der Waals surface area contributed by atoms with E-state index in [4.69, 9.17) is 14.2 Å². The molecular weight excluding hydrogens is 408 g/mol. The first-order chi connectivity index (χ1) is 15.3. The van der Waals surface area contributed by atoms with Crippen molar-refractivity contribution in [3.63, 3.8) is 0 Å². The maximum atomic E-state index is 12.6. The van der Waals surface area contributed by atoms with Crippen LogP contribution in [0.2, 0.25) is 0 Å². The molecule has 0 aromatic heterocycles. The molecule has 1 aliphatic heterocycles. The second-order valence-corrected chi connectivity index (χ2v) is 8.72. The molecule has 4 nitrogen and oxygen atoms in total. The summed E-state index contributed by atoms with van der Waals surface area (Å²) in [6, 6.07) is 29.3. The monoisotopic (exact) mass is 434 g/mol. The molecule has 0 radical (unpaired) electrons. The van der Waals surface area contributed by atoms with E-state index in [0.29, 0.717) is 31.1 Å². The highest BCUT2D eigenvalue weighted by atomic mass is 32.2. The molecule has 5 heteroatoms. The topological polar surface area (TPSA) is 44.8 Å². The Morgan fingerprint density at radius 1 is 0.806 bits per heavy atom. The SMILES string of the molecule is O=C(O[C@H]1CS[C@@H](COCc2ccccc2)[C@@H]1OCc1ccccc1)c1ccccc1. The molecule has 4 rings (SSSR count). The molecule has 3 atom stereocenters. The first-order valence-electron chi connectivity index (χ1n) is 10.4. The molecular formula is C26H26O4S. The number of thioether (sulfide) groups is 1. The Morgan fingerprint density at radius 3 is 2.03 bits per heavy atom. The number of esters is 1. The molecule has 1 aliphatic rings. The van der Waals surface area contributed by atoms with Gasteiger partial charge in [-0.25, -0.2) is 4.79 Å². The summed E-state index contributed by atoms with van der Waals surface area (Å²) in [6.07, 6.45) is -0.541. The summed E-state index contributed by atoms with van der Waals surface area (Å²) in [7, 11) is 0. The van der Waals surface area contributed by atoms with Gasteiger partial charge in [-0.05, 0) is 23.3 Å². The fraction of sp³-hybridized carbons (Fsp3) is 0.269. The first kappa shape index (κ1) is 21.6. The van der Waals surface area contributed by atoms with Gasteiger partial charge in [-0.3, -0.25) is 0 Å². The van der Waals surface area contributed by atoms with E-state index in [1.807, 2.05) is 66.7 Å². The van der Waals surface area contributed by atoms with Gasteiger partial charge in [0.05, 0.1) is 30.6 Å². The van der Waals surface area contributed by atoms with E-state index in [9.17, 15) is 4.79 Å². The van der Waals surface area contributed by atoms with E-state index in [2.05, 4.69) is 12.1 Å². The van der Waals surface area contributed by atoms with Crippen LogP contribution in [0.1, 0.15) is 21.5 Å². The summed E-state index contributed by atoms with van der Waals surface area (Å²) in [5.74, 6) is 0.377. The summed E-state index contributed by atoms with van der Waals surface area (Å²) in [5, 5.41) is 0.0981. The minimum Gasteiger partial charge on any atom is -0.455 e. The smallest absolute Gasteiger partial charge is 0.338 e. The lowest BCUT2D eigenvalue weighted by molar-refractivity contribution is -0.0546. The van der Waals surface area contributed by atoms with Crippen molar-refractivity contribution in [1.29, 1.82) is 0 Å². The quantitative estimate of drug-likeness (QED) is 0.437. The number of carbonyl (C=O) groups excluding carboxylic acids is 1. The van der Waals surface area contributed by atoms with Crippen LogP contribution in [0.3, 0.4) is 0 Å². The van der Waals surface area contributed by atoms with Crippen molar-refractivity contribution in [2.24, 2.45) is 0 Å². The minimum atomic E-state index is -0.314. The molecule has 1 heterocycles. The lowest BCUT2D eigenvalue weighted by Gasteiger charge is -2.24. The zero-order valence-corrected chi connectivity index (χ0v) is 18.1. The molecule has 0 amide bonds. The van der Waals surface area contributed by atoms with Gasteiger partial charge in [-0.1, -0.05) is 78.9 Å². The van der Waals surface area contributed by atoms with Crippen LogP contribution in [-0.2, 0) is 27.4 Å². The third kappa shape index (κ3) is 6.20. The van der Waals surface area contributed by atoms with Gasteiger partial charge in [-0.2, -0.15) is 0 Å². The molecule has 0 spiro atoms. The van der Waals surface area contributed by atoms with Crippen LogP contribution in [-0.4, -0.2) is 35.8 Å². The minimum absolute atomic E-state index is 0.0981. The molecule has 0 aliphatic carbocycles. The summed E-state index contributed by atoms with van der Waals surface area (Å²) in [4.78, 5) is 12.6. The van der Waals surface area contributed by atoms with Crippen LogP contribution >= 0.6 is 11.8 Å². The average molecular weight is 435 g/mol. The molecule has 3 aromatic rings. The highest BCUT2D eigenvalue weighted by molar-refractivity contribution is 8.00. The van der Waals surface area contributed by atoms with E-state index in [0.717, 1.165) is 11.1 Å². The van der Waals surface area contributed by atoms with Crippen LogP contribution in [0.25, 0.3) is 0 Å². The van der Waals surface area contributed by atoms with E-state index in [1.54, 1.807) is 23.9 Å². The molecule has 3 aromatic carbocycles. The Balaban J connectivity index is 1.39. The lowest BCUT2D eigenvalue weighted by atomic mass is 10.1. The van der Waals surface area contributed by atoms with Gasteiger partial charge in [0.15, 0.2) is 0 Å². The van der Waals surface area contributed by atoms with Gasteiger partial charge in [0.2, 0.25) is 0 Å². The highest BCUT2D eigenvalue weighted by Crippen LogP contribution is 2.33. The second kappa shape index (κ2) is 11.1. The van der Waals surface area contributed by atoms with Crippen LogP contribution in [0.15, 0.2) is 91.0 Å². The predicted octanol–water partition coefficient (Wildman–Crippen LogP) is 5.13. The fourth-order valence-electron chi connectivity index (χ4n) is 3.52. The van der Waals surface area contributed by atoms with Gasteiger partial charge < -0.3 is 14.2 Å². The summed E-state index contributed by atoms with van der Waals surface area (Å²) in [6.45, 7) is 1.57. The first-order valence-corrected chi connectivity index (χ1v) is 11.5. The van der Waals surface area contributed by atoms with E-state index < -0.39 is 0 Å². The Labute approximate surface area is 187 Å². The molecule has 160 valence electrons. The zero-order valence-electron chi connectivity index (χ0n) is 17.3. The van der Waals surface area contributed by atoms with Crippen molar-refractivity contribution in [3.8, 4) is 0 Å². The van der Waals surface area contributed by atoms with Gasteiger partial charge in [0.1, 0.15) is 12.2 Å². The maximum Gasteiger partial charge on any atom is 0.338 e. The van der Waals surface area contributed by atoms with Crippen LogP contribution in [0, 0.1) is 0 Å². The van der Waals surface area contributed by atoms with Crippen molar-refractivity contribution < 1.29 is 19.0 Å². The van der Waals surface area contributed by atoms with E-state index in [1.165, 1.54) is 0 Å². The molecule has 1 fully saturated rings. The molecule has 31 heavy (non-hydrogen) atoms. The van der Waals surface area contributed by atoms with Crippen molar-refractivity contribution in [2.45, 2.75) is 30.7 Å². The summed E-state index contributed by atoms with van der Waals surface area (Å²) in [5.41, 5.74) is 2.79. The molecule has 1 saturated heterocycles. The molecule has 0 unspecified atom stereocenters. The molecule has 0 N–H and O–H groups in total. The predicted molar refractivity (Wildman–Crippen MR) is 123 cm³/mol. The Hall–Kier alpha value is -2.60. The lowest BCUT2D eigenvalue weighted by Crippen LogP contribution is -2.38. The number of rotatable bonds is 9. The average Bonchev–Trinajstić information content (AvgIpc) is 3.20. The third-order valence-corrected chi connectivity index (χ3v) is 6.51. The van der Waals surface area contributed by atoms with Crippen molar-refractivity contribution >= 4 is 17.7 Å². The van der Waals surface area contributed by atoms with Crippen LogP contribution in [0.4, 0.5) is 0 Å². The standard InChI is InChI=1S/C26H26O4S/c27-26(22-14-8-3-9-15-22)30-23-19-31-24(18-28-16-20-10-4-1-5-11-20)25(23)29-17-21-12-6-2-7-13-21/h1-15,23-25H,16-19H2/t23-,24-,25+/m0/s1.